The minimum atomic E-state index is -0.941. The van der Waals surface area contributed by atoms with E-state index in [0.29, 0.717) is 5.56 Å². The van der Waals surface area contributed by atoms with Crippen molar-refractivity contribution in [3.63, 3.8) is 0 Å². The third kappa shape index (κ3) is 2.34. The molecule has 2 rings (SSSR count). The molecule has 1 N–H and O–H groups in total. The number of hydrogen-bond donors (Lipinski definition) is 1. The fourth-order valence-electron chi connectivity index (χ4n) is 1.70. The predicted octanol–water partition coefficient (Wildman–Crippen LogP) is 2.43. The molecule has 1 heterocycles. The number of carbonyl (C=O) groups excluding carboxylic acids is 1. The lowest BCUT2D eigenvalue weighted by molar-refractivity contribution is 0.0648. The first kappa shape index (κ1) is 11.7. The highest BCUT2D eigenvalue weighted by Gasteiger charge is 2.20. The SMILES string of the molecule is CC(C)C(O)C(=O)c1ccc2ncccc2c1. The average molecular weight is 229 g/mol. The van der Waals surface area contributed by atoms with Crippen LogP contribution in [0.15, 0.2) is 36.5 Å². The van der Waals surface area contributed by atoms with Crippen molar-refractivity contribution in [3.8, 4) is 0 Å². The fraction of sp³-hybridized carbons (Fsp3) is 0.286. The molecular formula is C14H15NO2. The molecule has 1 unspecified atom stereocenters. The van der Waals surface area contributed by atoms with Gasteiger partial charge in [0.15, 0.2) is 5.78 Å². The summed E-state index contributed by atoms with van der Waals surface area (Å²) in [6, 6.07) is 9.02. The molecule has 1 aromatic carbocycles. The van der Waals surface area contributed by atoms with Crippen LogP contribution in [0.25, 0.3) is 10.9 Å². The normalized spacial score (nSPS) is 12.9. The molecule has 3 nitrogen and oxygen atoms in total. The number of fused-ring (bicyclic) bond motifs is 1. The van der Waals surface area contributed by atoms with E-state index in [1.165, 1.54) is 0 Å². The Kier molecular flexibility index (Phi) is 3.20. The summed E-state index contributed by atoms with van der Waals surface area (Å²) in [5.74, 6) is -0.308. The molecule has 0 bridgehead atoms. The van der Waals surface area contributed by atoms with E-state index in [4.69, 9.17) is 0 Å². The highest BCUT2D eigenvalue weighted by Crippen LogP contribution is 2.16. The molecule has 0 aliphatic heterocycles. The molecule has 0 amide bonds. The van der Waals surface area contributed by atoms with Gasteiger partial charge in [0.05, 0.1) is 5.52 Å². The Labute approximate surface area is 100 Å². The van der Waals surface area contributed by atoms with Gasteiger partial charge in [-0.25, -0.2) is 0 Å². The van der Waals surface area contributed by atoms with Crippen molar-refractivity contribution in [2.75, 3.05) is 0 Å². The van der Waals surface area contributed by atoms with Gasteiger partial charge in [0.1, 0.15) is 6.10 Å². The van der Waals surface area contributed by atoms with Crippen molar-refractivity contribution >= 4 is 16.7 Å². The topological polar surface area (TPSA) is 50.2 Å². The number of ketones is 1. The first-order valence-electron chi connectivity index (χ1n) is 5.66. The maximum absolute atomic E-state index is 12.0. The van der Waals surface area contributed by atoms with E-state index in [0.717, 1.165) is 10.9 Å². The maximum Gasteiger partial charge on any atom is 0.191 e. The summed E-state index contributed by atoms with van der Waals surface area (Å²) in [5.41, 5.74) is 1.38. The largest absolute Gasteiger partial charge is 0.385 e. The monoisotopic (exact) mass is 229 g/mol. The van der Waals surface area contributed by atoms with Gasteiger partial charge in [-0.05, 0) is 30.2 Å². The lowest BCUT2D eigenvalue weighted by Gasteiger charge is -2.13. The Morgan fingerprint density at radius 2 is 2.06 bits per heavy atom. The molecule has 2 aromatic rings. The number of carbonyl (C=O) groups is 1. The molecule has 17 heavy (non-hydrogen) atoms. The molecular weight excluding hydrogens is 214 g/mol. The summed E-state index contributed by atoms with van der Waals surface area (Å²) in [6.07, 6.45) is 0.774. The number of hydrogen-bond acceptors (Lipinski definition) is 3. The average Bonchev–Trinajstić information content (AvgIpc) is 2.36. The van der Waals surface area contributed by atoms with Gasteiger partial charge in [0.25, 0.3) is 0 Å². The number of aliphatic hydroxyl groups is 1. The second-order valence-electron chi connectivity index (χ2n) is 4.46. The Balaban J connectivity index is 2.40. The number of benzene rings is 1. The standard InChI is InChI=1S/C14H15NO2/c1-9(2)13(16)14(17)11-5-6-12-10(8-11)4-3-7-15-12/h3-9,13,16H,1-2H3. The third-order valence-corrected chi connectivity index (χ3v) is 2.79. The second-order valence-corrected chi connectivity index (χ2v) is 4.46. The van der Waals surface area contributed by atoms with E-state index in [9.17, 15) is 9.90 Å². The van der Waals surface area contributed by atoms with E-state index in [-0.39, 0.29) is 11.7 Å². The summed E-state index contributed by atoms with van der Waals surface area (Å²) >= 11 is 0. The zero-order valence-corrected chi connectivity index (χ0v) is 9.92. The number of aliphatic hydroxyl groups excluding tert-OH is 1. The highest BCUT2D eigenvalue weighted by atomic mass is 16.3. The van der Waals surface area contributed by atoms with Crippen LogP contribution in [-0.4, -0.2) is 22.0 Å². The first-order valence-corrected chi connectivity index (χ1v) is 5.66. The van der Waals surface area contributed by atoms with Gasteiger partial charge in [-0.3, -0.25) is 9.78 Å². The maximum atomic E-state index is 12.0. The van der Waals surface area contributed by atoms with Crippen LogP contribution in [-0.2, 0) is 0 Å². The third-order valence-electron chi connectivity index (χ3n) is 2.79. The molecule has 0 aliphatic rings. The van der Waals surface area contributed by atoms with Gasteiger partial charge in [-0.15, -0.1) is 0 Å². The van der Waals surface area contributed by atoms with E-state index < -0.39 is 6.10 Å². The summed E-state index contributed by atoms with van der Waals surface area (Å²) in [6.45, 7) is 3.65. The Morgan fingerprint density at radius 3 is 2.76 bits per heavy atom. The second kappa shape index (κ2) is 4.63. The predicted molar refractivity (Wildman–Crippen MR) is 66.9 cm³/mol. The molecule has 3 heteroatoms. The molecule has 0 radical (unpaired) electrons. The van der Waals surface area contributed by atoms with Gasteiger partial charge in [0.2, 0.25) is 0 Å². The number of Topliss-reactive ketones (excluding diaryl/α,β-unsaturated/α-hetero) is 1. The van der Waals surface area contributed by atoms with Crippen molar-refractivity contribution in [2.45, 2.75) is 20.0 Å². The smallest absolute Gasteiger partial charge is 0.191 e. The van der Waals surface area contributed by atoms with Gasteiger partial charge in [-0.2, -0.15) is 0 Å². The fourth-order valence-corrected chi connectivity index (χ4v) is 1.70. The quantitative estimate of drug-likeness (QED) is 0.822. The van der Waals surface area contributed by atoms with Gasteiger partial charge >= 0.3 is 0 Å². The van der Waals surface area contributed by atoms with Crippen LogP contribution >= 0.6 is 0 Å². The van der Waals surface area contributed by atoms with Gasteiger partial charge in [-0.1, -0.05) is 19.9 Å². The van der Waals surface area contributed by atoms with E-state index in [1.54, 1.807) is 24.4 Å². The first-order chi connectivity index (χ1) is 8.09. The minimum absolute atomic E-state index is 0.0768. The van der Waals surface area contributed by atoms with Gasteiger partial charge < -0.3 is 5.11 Å². The molecule has 0 aliphatic carbocycles. The zero-order valence-electron chi connectivity index (χ0n) is 9.92. The Bertz CT molecular complexity index is 549. The van der Waals surface area contributed by atoms with Crippen LogP contribution in [0.1, 0.15) is 24.2 Å². The van der Waals surface area contributed by atoms with Crippen molar-refractivity contribution in [1.82, 2.24) is 4.98 Å². The van der Waals surface area contributed by atoms with Crippen molar-refractivity contribution < 1.29 is 9.90 Å². The van der Waals surface area contributed by atoms with Crippen LogP contribution in [0, 0.1) is 5.92 Å². The number of pyridine rings is 1. The van der Waals surface area contributed by atoms with E-state index in [1.807, 2.05) is 26.0 Å². The van der Waals surface area contributed by atoms with Crippen molar-refractivity contribution in [1.29, 1.82) is 0 Å². The van der Waals surface area contributed by atoms with E-state index in [2.05, 4.69) is 4.98 Å². The van der Waals surface area contributed by atoms with Crippen LogP contribution in [0.2, 0.25) is 0 Å². The Morgan fingerprint density at radius 1 is 1.29 bits per heavy atom. The summed E-state index contributed by atoms with van der Waals surface area (Å²) in [5, 5.41) is 10.7. The molecule has 88 valence electrons. The van der Waals surface area contributed by atoms with Crippen LogP contribution in [0.5, 0.6) is 0 Å². The van der Waals surface area contributed by atoms with Crippen LogP contribution in [0.3, 0.4) is 0 Å². The summed E-state index contributed by atoms with van der Waals surface area (Å²) in [4.78, 5) is 16.1. The lowest BCUT2D eigenvalue weighted by Crippen LogP contribution is -2.26. The molecule has 0 fully saturated rings. The molecule has 0 saturated carbocycles. The summed E-state index contributed by atoms with van der Waals surface area (Å²) in [7, 11) is 0. The number of aromatic nitrogens is 1. The van der Waals surface area contributed by atoms with Crippen LogP contribution in [0.4, 0.5) is 0 Å². The summed E-state index contributed by atoms with van der Waals surface area (Å²) < 4.78 is 0. The minimum Gasteiger partial charge on any atom is -0.385 e. The van der Waals surface area contributed by atoms with Crippen molar-refractivity contribution in [2.24, 2.45) is 5.92 Å². The number of rotatable bonds is 3. The molecule has 0 spiro atoms. The van der Waals surface area contributed by atoms with Crippen molar-refractivity contribution in [3.05, 3.63) is 42.1 Å². The van der Waals surface area contributed by atoms with E-state index >= 15 is 0 Å². The lowest BCUT2D eigenvalue weighted by atomic mass is 9.97. The molecule has 0 saturated heterocycles. The van der Waals surface area contributed by atoms with Crippen LogP contribution < -0.4 is 0 Å². The Hall–Kier alpha value is -1.74. The molecule has 1 aromatic heterocycles. The molecule has 1 atom stereocenters. The zero-order chi connectivity index (χ0) is 12.4. The van der Waals surface area contributed by atoms with Gasteiger partial charge in [0, 0.05) is 17.1 Å². The highest BCUT2D eigenvalue weighted by molar-refractivity contribution is 6.02. The number of nitrogens with zero attached hydrogens (tertiary/aromatic N) is 1.